The highest BCUT2D eigenvalue weighted by Crippen LogP contribution is 1.83. The number of nitrogens with two attached hydrogens (primary N) is 1. The first-order chi connectivity index (χ1) is 4.31. The second-order valence-corrected chi connectivity index (χ2v) is 1.95. The second kappa shape index (κ2) is 5.35. The Balaban J connectivity index is 3.45. The highest BCUT2D eigenvalue weighted by Gasteiger charge is 1.76. The average molecular weight is 126 g/mol. The van der Waals surface area contributed by atoms with Gasteiger partial charge in [0.15, 0.2) is 0 Å². The Morgan fingerprint density at radius 2 is 2.33 bits per heavy atom. The van der Waals surface area contributed by atoms with Crippen LogP contribution in [0.5, 0.6) is 0 Å². The van der Waals surface area contributed by atoms with E-state index in [0.717, 1.165) is 18.5 Å². The van der Waals surface area contributed by atoms with Gasteiger partial charge in [-0.3, -0.25) is 4.99 Å². The Morgan fingerprint density at radius 3 is 2.78 bits per heavy atom. The molecule has 52 valence electrons. The lowest BCUT2D eigenvalue weighted by atomic mass is 10.4. The molecule has 0 radical (unpaired) electrons. The molecule has 0 heterocycles. The number of allylic oxidation sites excluding steroid dienone is 1. The molecule has 0 atom stereocenters. The van der Waals surface area contributed by atoms with Crippen LogP contribution in [0, 0.1) is 0 Å². The lowest BCUT2D eigenvalue weighted by molar-refractivity contribution is 0.936. The van der Waals surface area contributed by atoms with Gasteiger partial charge < -0.3 is 5.73 Å². The van der Waals surface area contributed by atoms with E-state index in [-0.39, 0.29) is 0 Å². The standard InChI is InChI=1S/C7H14N2/c1-3-4-9-6-7(2)5-8/h5-6H,3-4,8H2,1-2H3/b7-5-,9-6?. The van der Waals surface area contributed by atoms with Crippen LogP contribution in [-0.4, -0.2) is 12.8 Å². The van der Waals surface area contributed by atoms with Crippen molar-refractivity contribution < 1.29 is 0 Å². The smallest absolute Gasteiger partial charge is 0.0386 e. The number of rotatable bonds is 3. The van der Waals surface area contributed by atoms with Crippen LogP contribution >= 0.6 is 0 Å². The molecule has 2 heteroatoms. The Bertz CT molecular complexity index is 114. The summed E-state index contributed by atoms with van der Waals surface area (Å²) < 4.78 is 0. The van der Waals surface area contributed by atoms with Gasteiger partial charge in [-0.1, -0.05) is 6.92 Å². The SMILES string of the molecule is CCCN=C/C(C)=C\N. The Kier molecular flexibility index (Phi) is 4.88. The zero-order valence-electron chi connectivity index (χ0n) is 6.09. The highest BCUT2D eigenvalue weighted by molar-refractivity contribution is 5.77. The fraction of sp³-hybridized carbons (Fsp3) is 0.571. The summed E-state index contributed by atoms with van der Waals surface area (Å²) in [6, 6.07) is 0. The molecule has 0 amide bonds. The van der Waals surface area contributed by atoms with Crippen molar-refractivity contribution in [3.05, 3.63) is 11.8 Å². The fourth-order valence-corrected chi connectivity index (χ4v) is 0.381. The van der Waals surface area contributed by atoms with Gasteiger partial charge in [0.2, 0.25) is 0 Å². The van der Waals surface area contributed by atoms with Gasteiger partial charge in [0.05, 0.1) is 0 Å². The van der Waals surface area contributed by atoms with E-state index in [1.165, 1.54) is 0 Å². The third-order valence-electron chi connectivity index (χ3n) is 0.911. The zero-order chi connectivity index (χ0) is 7.11. The van der Waals surface area contributed by atoms with E-state index in [0.29, 0.717) is 0 Å². The summed E-state index contributed by atoms with van der Waals surface area (Å²) in [5.74, 6) is 0. The van der Waals surface area contributed by atoms with Crippen molar-refractivity contribution >= 4 is 6.21 Å². The van der Waals surface area contributed by atoms with E-state index in [4.69, 9.17) is 5.73 Å². The zero-order valence-corrected chi connectivity index (χ0v) is 6.09. The van der Waals surface area contributed by atoms with Crippen LogP contribution in [0.4, 0.5) is 0 Å². The van der Waals surface area contributed by atoms with Crippen LogP contribution in [0.1, 0.15) is 20.3 Å². The number of hydrogen-bond donors (Lipinski definition) is 1. The molecular formula is C7H14N2. The van der Waals surface area contributed by atoms with Gasteiger partial charge >= 0.3 is 0 Å². The summed E-state index contributed by atoms with van der Waals surface area (Å²) in [5.41, 5.74) is 6.22. The molecule has 2 N–H and O–H groups in total. The predicted molar refractivity (Wildman–Crippen MR) is 41.6 cm³/mol. The normalized spacial score (nSPS) is 12.9. The quantitative estimate of drug-likeness (QED) is 0.569. The maximum atomic E-state index is 5.20. The Morgan fingerprint density at radius 1 is 1.67 bits per heavy atom. The molecule has 0 saturated heterocycles. The first kappa shape index (κ1) is 8.21. The van der Waals surface area contributed by atoms with Gasteiger partial charge in [0.1, 0.15) is 0 Å². The Labute approximate surface area is 56.5 Å². The molecule has 0 rings (SSSR count). The fourth-order valence-electron chi connectivity index (χ4n) is 0.381. The van der Waals surface area contributed by atoms with E-state index >= 15 is 0 Å². The summed E-state index contributed by atoms with van der Waals surface area (Å²) in [6.07, 6.45) is 4.44. The highest BCUT2D eigenvalue weighted by atomic mass is 14.7. The van der Waals surface area contributed by atoms with E-state index in [1.807, 2.05) is 6.92 Å². The molecule has 0 unspecified atom stereocenters. The summed E-state index contributed by atoms with van der Waals surface area (Å²) in [5, 5.41) is 0. The molecule has 0 aromatic heterocycles. The van der Waals surface area contributed by atoms with Crippen LogP contribution in [0.15, 0.2) is 16.8 Å². The number of aliphatic imine (C=N–C) groups is 1. The molecule has 2 nitrogen and oxygen atoms in total. The lowest BCUT2D eigenvalue weighted by Crippen LogP contribution is -1.86. The minimum Gasteiger partial charge on any atom is -0.404 e. The minimum absolute atomic E-state index is 0.894. The van der Waals surface area contributed by atoms with Crippen molar-refractivity contribution in [2.45, 2.75) is 20.3 Å². The minimum atomic E-state index is 0.894. The van der Waals surface area contributed by atoms with Crippen molar-refractivity contribution in [2.24, 2.45) is 10.7 Å². The van der Waals surface area contributed by atoms with Gasteiger partial charge in [0.25, 0.3) is 0 Å². The van der Waals surface area contributed by atoms with Crippen molar-refractivity contribution in [3.8, 4) is 0 Å². The topological polar surface area (TPSA) is 38.4 Å². The monoisotopic (exact) mass is 126 g/mol. The molecule has 0 aliphatic carbocycles. The molecule has 0 fully saturated rings. The molecule has 0 saturated carbocycles. The van der Waals surface area contributed by atoms with E-state index in [2.05, 4.69) is 11.9 Å². The second-order valence-electron chi connectivity index (χ2n) is 1.95. The molecule has 9 heavy (non-hydrogen) atoms. The Hall–Kier alpha value is -0.790. The number of nitrogens with zero attached hydrogens (tertiary/aromatic N) is 1. The molecule has 0 aliphatic rings. The molecule has 0 spiro atoms. The number of hydrogen-bond acceptors (Lipinski definition) is 2. The van der Waals surface area contributed by atoms with Crippen molar-refractivity contribution in [2.75, 3.05) is 6.54 Å². The maximum Gasteiger partial charge on any atom is 0.0386 e. The molecule has 0 bridgehead atoms. The van der Waals surface area contributed by atoms with Crippen LogP contribution in [-0.2, 0) is 0 Å². The average Bonchev–Trinajstić information content (AvgIpc) is 1.89. The van der Waals surface area contributed by atoms with Crippen molar-refractivity contribution in [1.82, 2.24) is 0 Å². The predicted octanol–water partition coefficient (Wildman–Crippen LogP) is 1.33. The molecule has 0 aromatic carbocycles. The van der Waals surface area contributed by atoms with Crippen molar-refractivity contribution in [1.29, 1.82) is 0 Å². The summed E-state index contributed by atoms with van der Waals surface area (Å²) in [6.45, 7) is 4.92. The summed E-state index contributed by atoms with van der Waals surface area (Å²) in [4.78, 5) is 4.09. The van der Waals surface area contributed by atoms with Gasteiger partial charge in [-0.15, -0.1) is 0 Å². The van der Waals surface area contributed by atoms with E-state index in [1.54, 1.807) is 12.4 Å². The van der Waals surface area contributed by atoms with Crippen LogP contribution in [0.25, 0.3) is 0 Å². The molecule has 0 aromatic rings. The first-order valence-electron chi connectivity index (χ1n) is 3.19. The van der Waals surface area contributed by atoms with E-state index in [9.17, 15) is 0 Å². The first-order valence-corrected chi connectivity index (χ1v) is 3.19. The van der Waals surface area contributed by atoms with E-state index < -0.39 is 0 Å². The summed E-state index contributed by atoms with van der Waals surface area (Å²) >= 11 is 0. The molecule has 0 aliphatic heterocycles. The third kappa shape index (κ3) is 5.07. The van der Waals surface area contributed by atoms with Gasteiger partial charge in [-0.05, 0) is 25.1 Å². The third-order valence-corrected chi connectivity index (χ3v) is 0.911. The maximum absolute atomic E-state index is 5.20. The summed E-state index contributed by atoms with van der Waals surface area (Å²) in [7, 11) is 0. The van der Waals surface area contributed by atoms with Crippen LogP contribution in [0.3, 0.4) is 0 Å². The van der Waals surface area contributed by atoms with Crippen molar-refractivity contribution in [3.63, 3.8) is 0 Å². The van der Waals surface area contributed by atoms with Gasteiger partial charge in [-0.25, -0.2) is 0 Å². The molecular weight excluding hydrogens is 112 g/mol. The lowest BCUT2D eigenvalue weighted by Gasteiger charge is -1.86. The largest absolute Gasteiger partial charge is 0.404 e. The van der Waals surface area contributed by atoms with Crippen LogP contribution in [0.2, 0.25) is 0 Å². The van der Waals surface area contributed by atoms with Crippen LogP contribution < -0.4 is 5.73 Å². The van der Waals surface area contributed by atoms with Gasteiger partial charge in [-0.2, -0.15) is 0 Å². The van der Waals surface area contributed by atoms with Gasteiger partial charge in [0, 0.05) is 12.8 Å².